The van der Waals surface area contributed by atoms with Gasteiger partial charge in [0, 0.05) is 12.1 Å². The van der Waals surface area contributed by atoms with Crippen molar-refractivity contribution in [3.05, 3.63) is 65.2 Å². The summed E-state index contributed by atoms with van der Waals surface area (Å²) in [4.78, 5) is 17.6. The lowest BCUT2D eigenvalue weighted by atomic mass is 10.0. The molecule has 0 aromatic heterocycles. The highest BCUT2D eigenvalue weighted by atomic mass is 16.6. The maximum Gasteiger partial charge on any atom is 0.268 e. The number of nitrogens with one attached hydrogen (secondary N) is 1. The number of oxime groups is 1. The van der Waals surface area contributed by atoms with Crippen molar-refractivity contribution in [3.63, 3.8) is 0 Å². The molecule has 4 heteroatoms. The van der Waals surface area contributed by atoms with Gasteiger partial charge in [0.15, 0.2) is 0 Å². The van der Waals surface area contributed by atoms with Gasteiger partial charge in [-0.15, -0.1) is 0 Å². The van der Waals surface area contributed by atoms with E-state index >= 15 is 0 Å². The highest BCUT2D eigenvalue weighted by Crippen LogP contribution is 2.19. The summed E-state index contributed by atoms with van der Waals surface area (Å²) in [5.74, 6) is -0.167. The number of aryl methyl sites for hydroxylation is 2. The van der Waals surface area contributed by atoms with Crippen LogP contribution < -0.4 is 5.32 Å². The highest BCUT2D eigenvalue weighted by molar-refractivity contribution is 6.06. The molecule has 112 valence electrons. The molecule has 1 N–H and O–H groups in total. The summed E-state index contributed by atoms with van der Waals surface area (Å²) in [5.41, 5.74) is 4.82. The normalized spacial score (nSPS) is 16.8. The van der Waals surface area contributed by atoms with Crippen LogP contribution in [0.25, 0.3) is 0 Å². The first kappa shape index (κ1) is 14.3. The van der Waals surface area contributed by atoms with Gasteiger partial charge in [-0.25, -0.2) is 0 Å². The van der Waals surface area contributed by atoms with Gasteiger partial charge >= 0.3 is 0 Å². The molecular formula is C18H18N2O2. The van der Waals surface area contributed by atoms with Crippen molar-refractivity contribution < 1.29 is 9.63 Å². The summed E-state index contributed by atoms with van der Waals surface area (Å²) in [5, 5.41) is 6.94. The van der Waals surface area contributed by atoms with Crippen LogP contribution in [0.2, 0.25) is 0 Å². The van der Waals surface area contributed by atoms with Crippen LogP contribution in [0.3, 0.4) is 0 Å². The number of amides is 1. The Morgan fingerprint density at radius 3 is 2.50 bits per heavy atom. The molecule has 22 heavy (non-hydrogen) atoms. The number of hydrogen-bond donors (Lipinski definition) is 1. The highest BCUT2D eigenvalue weighted by Gasteiger charge is 2.28. The number of hydrogen-bond acceptors (Lipinski definition) is 3. The fourth-order valence-corrected chi connectivity index (χ4v) is 2.59. The van der Waals surface area contributed by atoms with Gasteiger partial charge in [-0.1, -0.05) is 41.6 Å². The number of rotatable bonds is 3. The Labute approximate surface area is 129 Å². The van der Waals surface area contributed by atoms with Gasteiger partial charge in [0.05, 0.1) is 5.71 Å². The molecule has 1 unspecified atom stereocenters. The van der Waals surface area contributed by atoms with Crippen molar-refractivity contribution in [2.24, 2.45) is 5.16 Å². The van der Waals surface area contributed by atoms with Crippen molar-refractivity contribution in [2.75, 3.05) is 5.32 Å². The first-order chi connectivity index (χ1) is 10.6. The minimum Gasteiger partial charge on any atom is -0.382 e. The van der Waals surface area contributed by atoms with E-state index < -0.39 is 6.10 Å². The Bertz CT molecular complexity index is 703. The molecule has 0 saturated heterocycles. The molecule has 3 rings (SSSR count). The summed E-state index contributed by atoms with van der Waals surface area (Å²) >= 11 is 0. The molecule has 1 aliphatic rings. The number of nitrogens with zero attached hydrogens (tertiary/aromatic N) is 1. The third-order valence-corrected chi connectivity index (χ3v) is 3.56. The summed E-state index contributed by atoms with van der Waals surface area (Å²) in [6, 6.07) is 15.7. The Kier molecular flexibility index (Phi) is 3.92. The second kappa shape index (κ2) is 6.02. The van der Waals surface area contributed by atoms with Gasteiger partial charge in [-0.05, 0) is 42.7 Å². The molecule has 4 nitrogen and oxygen atoms in total. The zero-order valence-electron chi connectivity index (χ0n) is 12.7. The van der Waals surface area contributed by atoms with Gasteiger partial charge in [-0.2, -0.15) is 0 Å². The van der Waals surface area contributed by atoms with E-state index in [1.807, 2.05) is 56.3 Å². The number of anilines is 1. The van der Waals surface area contributed by atoms with Gasteiger partial charge < -0.3 is 10.2 Å². The molecule has 1 heterocycles. The largest absolute Gasteiger partial charge is 0.382 e. The molecule has 0 spiro atoms. The number of carbonyl (C=O) groups is 1. The molecule has 1 amide bonds. The van der Waals surface area contributed by atoms with E-state index in [0.29, 0.717) is 6.42 Å². The van der Waals surface area contributed by atoms with Gasteiger partial charge in [-0.3, -0.25) is 4.79 Å². The number of benzene rings is 2. The van der Waals surface area contributed by atoms with E-state index in [1.54, 1.807) is 0 Å². The quantitative estimate of drug-likeness (QED) is 0.942. The molecule has 0 saturated carbocycles. The van der Waals surface area contributed by atoms with Crippen LogP contribution in [0.15, 0.2) is 53.7 Å². The average Bonchev–Trinajstić information content (AvgIpc) is 2.97. The maximum absolute atomic E-state index is 12.3. The molecule has 1 aliphatic heterocycles. The van der Waals surface area contributed by atoms with Gasteiger partial charge in [0.25, 0.3) is 5.91 Å². The summed E-state index contributed by atoms with van der Waals surface area (Å²) < 4.78 is 0. The zero-order chi connectivity index (χ0) is 15.5. The smallest absolute Gasteiger partial charge is 0.268 e. The van der Waals surface area contributed by atoms with E-state index in [2.05, 4.69) is 16.5 Å². The molecule has 0 fully saturated rings. The van der Waals surface area contributed by atoms with E-state index in [0.717, 1.165) is 28.1 Å². The van der Waals surface area contributed by atoms with E-state index in [4.69, 9.17) is 4.84 Å². The zero-order valence-corrected chi connectivity index (χ0v) is 12.7. The van der Waals surface area contributed by atoms with E-state index in [-0.39, 0.29) is 5.91 Å². The monoisotopic (exact) mass is 294 g/mol. The molecule has 1 atom stereocenters. The molecule has 2 aromatic rings. The second-order valence-corrected chi connectivity index (χ2v) is 5.57. The predicted octanol–water partition coefficient (Wildman–Crippen LogP) is 3.44. The van der Waals surface area contributed by atoms with Crippen LogP contribution in [0.1, 0.15) is 23.1 Å². The fourth-order valence-electron chi connectivity index (χ4n) is 2.59. The Morgan fingerprint density at radius 2 is 1.82 bits per heavy atom. The van der Waals surface area contributed by atoms with Crippen LogP contribution in [0.4, 0.5) is 5.69 Å². The first-order valence-electron chi connectivity index (χ1n) is 7.29. The first-order valence-corrected chi connectivity index (χ1v) is 7.29. The van der Waals surface area contributed by atoms with Crippen LogP contribution >= 0.6 is 0 Å². The van der Waals surface area contributed by atoms with Crippen molar-refractivity contribution in [1.82, 2.24) is 0 Å². The summed E-state index contributed by atoms with van der Waals surface area (Å²) in [6.07, 6.45) is -0.0864. The lowest BCUT2D eigenvalue weighted by Gasteiger charge is -2.11. The Balaban J connectivity index is 1.65. The lowest BCUT2D eigenvalue weighted by Crippen LogP contribution is -2.28. The minimum absolute atomic E-state index is 0.167. The van der Waals surface area contributed by atoms with Crippen molar-refractivity contribution >= 4 is 17.3 Å². The van der Waals surface area contributed by atoms with Crippen LogP contribution in [-0.4, -0.2) is 17.7 Å². The minimum atomic E-state index is -0.573. The summed E-state index contributed by atoms with van der Waals surface area (Å²) in [6.45, 7) is 4.01. The van der Waals surface area contributed by atoms with Gasteiger partial charge in [0.1, 0.15) is 0 Å². The van der Waals surface area contributed by atoms with E-state index in [1.165, 1.54) is 0 Å². The average molecular weight is 294 g/mol. The van der Waals surface area contributed by atoms with Gasteiger partial charge in [0.2, 0.25) is 6.10 Å². The van der Waals surface area contributed by atoms with Crippen LogP contribution in [0, 0.1) is 13.8 Å². The maximum atomic E-state index is 12.3. The second-order valence-electron chi connectivity index (χ2n) is 5.57. The lowest BCUT2D eigenvalue weighted by molar-refractivity contribution is -0.125. The standard InChI is InChI=1S/C18H18N2O2/c1-12-8-13(2)10-15(9-12)19-18(21)17-11-16(20-22-17)14-6-4-3-5-7-14/h3-10,17H,11H2,1-2H3,(H,19,21). The SMILES string of the molecule is Cc1cc(C)cc(NC(=O)C2CC(c3ccccc3)=NO2)c1. The van der Waals surface area contributed by atoms with Crippen LogP contribution in [-0.2, 0) is 9.63 Å². The number of carbonyl (C=O) groups excluding carboxylic acids is 1. The third kappa shape index (κ3) is 3.17. The third-order valence-electron chi connectivity index (χ3n) is 3.56. The van der Waals surface area contributed by atoms with Crippen LogP contribution in [0.5, 0.6) is 0 Å². The predicted molar refractivity (Wildman–Crippen MR) is 87.0 cm³/mol. The Hall–Kier alpha value is -2.62. The van der Waals surface area contributed by atoms with E-state index in [9.17, 15) is 4.79 Å². The molecule has 0 aliphatic carbocycles. The van der Waals surface area contributed by atoms with Crippen molar-refractivity contribution in [2.45, 2.75) is 26.4 Å². The molecular weight excluding hydrogens is 276 g/mol. The van der Waals surface area contributed by atoms with Crippen molar-refractivity contribution in [1.29, 1.82) is 0 Å². The Morgan fingerprint density at radius 1 is 1.14 bits per heavy atom. The van der Waals surface area contributed by atoms with Crippen molar-refractivity contribution in [3.8, 4) is 0 Å². The molecule has 2 aromatic carbocycles. The topological polar surface area (TPSA) is 50.7 Å². The molecule has 0 bridgehead atoms. The molecule has 0 radical (unpaired) electrons. The fraction of sp³-hybridized carbons (Fsp3) is 0.222. The summed E-state index contributed by atoms with van der Waals surface area (Å²) in [7, 11) is 0.